The summed E-state index contributed by atoms with van der Waals surface area (Å²) in [5.74, 6) is 0.632. The highest BCUT2D eigenvalue weighted by Gasteiger charge is 2.46. The van der Waals surface area contributed by atoms with Crippen molar-refractivity contribution in [1.29, 1.82) is 0 Å². The van der Waals surface area contributed by atoms with Gasteiger partial charge in [0.05, 0.1) is 42.4 Å². The molecule has 0 spiro atoms. The molecule has 0 aromatic carbocycles. The largest absolute Gasteiger partial charge is 0.462 e. The molecule has 5 aliphatic heterocycles. The lowest BCUT2D eigenvalue weighted by Crippen LogP contribution is -2.56. The quantitative estimate of drug-likeness (QED) is 0.0911. The van der Waals surface area contributed by atoms with E-state index in [2.05, 4.69) is 27.1 Å². The summed E-state index contributed by atoms with van der Waals surface area (Å²) < 4.78 is 11.3. The molecule has 0 aliphatic carbocycles. The number of esters is 2. The third-order valence-corrected chi connectivity index (χ3v) is 9.52. The van der Waals surface area contributed by atoms with Crippen molar-refractivity contribution in [2.75, 3.05) is 26.3 Å². The first-order chi connectivity index (χ1) is 21.8. The first-order valence-electron chi connectivity index (χ1n) is 16.9. The Morgan fingerprint density at radius 2 is 1.78 bits per heavy atom. The van der Waals surface area contributed by atoms with Crippen molar-refractivity contribution in [3.05, 3.63) is 22.5 Å². The second-order valence-electron chi connectivity index (χ2n) is 12.7. The molecule has 5 rings (SSSR count). The molecule has 13 nitrogen and oxygen atoms in total. The number of guanidine groups is 3. The molecule has 5 heterocycles. The van der Waals surface area contributed by atoms with Gasteiger partial charge < -0.3 is 41.8 Å². The van der Waals surface area contributed by atoms with Crippen LogP contribution in [0.5, 0.6) is 0 Å². The summed E-state index contributed by atoms with van der Waals surface area (Å²) in [6.45, 7) is 5.49. The number of carbonyl (C=O) groups excluding carboxylic acids is 2. The van der Waals surface area contributed by atoms with Crippen molar-refractivity contribution in [2.24, 2.45) is 32.2 Å². The Labute approximate surface area is 266 Å². The Morgan fingerprint density at radius 3 is 2.58 bits per heavy atom. The van der Waals surface area contributed by atoms with E-state index < -0.39 is 12.0 Å². The number of nitrogens with one attached hydrogen (secondary N) is 1. The summed E-state index contributed by atoms with van der Waals surface area (Å²) in [6.07, 6.45) is 12.8. The standard InChI is InChI=1S/C32H51N9O4/c1-3-4-5-6-10-21-19-22-13-14-25-26(20(2)37-32(38-21)41(22)25)28(42)44-17-8-7-11-23-27(29(43)45-18-15-36-30(33)34)24-12-9-16-40(24)31(35)39-23/h21-23,25H,3-19H2,1-2H3,(H2,35,39)(H,37,38)(H4,33,34,36)/t21-,22+,23+,25-/m0/s1. The maximum absolute atomic E-state index is 13.4. The number of nitrogens with zero attached hydrogens (tertiary/aromatic N) is 5. The fraction of sp³-hybridized carbons (Fsp3) is 0.719. The normalized spacial score (nSPS) is 25.3. The van der Waals surface area contributed by atoms with Crippen LogP contribution in [0.3, 0.4) is 0 Å². The molecule has 13 heteroatoms. The Morgan fingerprint density at radius 1 is 1.00 bits per heavy atom. The number of allylic oxidation sites excluding steroid dienone is 2. The zero-order valence-electron chi connectivity index (χ0n) is 26.9. The smallest absolute Gasteiger partial charge is 0.338 e. The molecule has 5 aliphatic rings. The van der Waals surface area contributed by atoms with E-state index in [4.69, 9.17) is 31.7 Å². The van der Waals surface area contributed by atoms with Gasteiger partial charge in [-0.1, -0.05) is 32.6 Å². The van der Waals surface area contributed by atoms with E-state index in [9.17, 15) is 9.59 Å². The lowest BCUT2D eigenvalue weighted by molar-refractivity contribution is -0.140. The zero-order valence-corrected chi connectivity index (χ0v) is 26.9. The molecule has 0 radical (unpaired) electrons. The number of rotatable bonds is 15. The minimum Gasteiger partial charge on any atom is -0.462 e. The van der Waals surface area contributed by atoms with Crippen molar-refractivity contribution in [1.82, 2.24) is 15.1 Å². The number of carbonyl (C=O) groups is 2. The summed E-state index contributed by atoms with van der Waals surface area (Å²) in [4.78, 5) is 44.3. The Bertz CT molecular complexity index is 1270. The van der Waals surface area contributed by atoms with Crippen LogP contribution in [0.1, 0.15) is 97.3 Å². The van der Waals surface area contributed by atoms with Gasteiger partial charge >= 0.3 is 11.9 Å². The van der Waals surface area contributed by atoms with Crippen molar-refractivity contribution in [3.8, 4) is 0 Å². The van der Waals surface area contributed by atoms with Crippen LogP contribution in [0, 0.1) is 0 Å². The highest BCUT2D eigenvalue weighted by Crippen LogP contribution is 2.39. The fourth-order valence-corrected chi connectivity index (χ4v) is 7.41. The van der Waals surface area contributed by atoms with Crippen LogP contribution in [-0.2, 0) is 19.1 Å². The van der Waals surface area contributed by atoms with Crippen molar-refractivity contribution in [2.45, 2.75) is 121 Å². The lowest BCUT2D eigenvalue weighted by Gasteiger charge is -2.42. The number of hydrogen-bond donors (Lipinski definition) is 4. The molecule has 0 unspecified atom stereocenters. The lowest BCUT2D eigenvalue weighted by atomic mass is 9.97. The molecule has 0 aromatic rings. The van der Waals surface area contributed by atoms with Crippen LogP contribution in [-0.4, -0.2) is 90.1 Å². The van der Waals surface area contributed by atoms with Crippen LogP contribution in [0.2, 0.25) is 0 Å². The van der Waals surface area contributed by atoms with Gasteiger partial charge in [-0.05, 0) is 64.7 Å². The molecular formula is C32H51N9O4. The van der Waals surface area contributed by atoms with Gasteiger partial charge in [-0.15, -0.1) is 0 Å². The molecule has 7 N–H and O–H groups in total. The Balaban J connectivity index is 1.13. The van der Waals surface area contributed by atoms with E-state index >= 15 is 0 Å². The predicted molar refractivity (Wildman–Crippen MR) is 174 cm³/mol. The predicted octanol–water partition coefficient (Wildman–Crippen LogP) is 2.37. The van der Waals surface area contributed by atoms with Crippen LogP contribution in [0.25, 0.3) is 0 Å². The summed E-state index contributed by atoms with van der Waals surface area (Å²) >= 11 is 0. The first-order valence-corrected chi connectivity index (χ1v) is 16.9. The zero-order chi connectivity index (χ0) is 31.9. The molecule has 0 amide bonds. The van der Waals surface area contributed by atoms with Crippen molar-refractivity contribution in [3.63, 3.8) is 0 Å². The van der Waals surface area contributed by atoms with Crippen LogP contribution in [0.15, 0.2) is 37.5 Å². The average molecular weight is 626 g/mol. The van der Waals surface area contributed by atoms with Crippen LogP contribution >= 0.6 is 0 Å². The van der Waals surface area contributed by atoms with Gasteiger partial charge in [-0.2, -0.15) is 0 Å². The number of hydrogen-bond acceptors (Lipinski definition) is 11. The van der Waals surface area contributed by atoms with Crippen molar-refractivity contribution >= 4 is 29.8 Å². The fourth-order valence-electron chi connectivity index (χ4n) is 7.41. The number of unbranched alkanes of at least 4 members (excludes halogenated alkanes) is 4. The monoisotopic (exact) mass is 625 g/mol. The Kier molecular flexibility index (Phi) is 10.9. The minimum absolute atomic E-state index is 0.0182. The van der Waals surface area contributed by atoms with Gasteiger partial charge in [0.2, 0.25) is 0 Å². The summed E-state index contributed by atoms with van der Waals surface area (Å²) in [5, 5.41) is 3.44. The molecular weight excluding hydrogens is 574 g/mol. The van der Waals surface area contributed by atoms with E-state index in [1.807, 2.05) is 11.8 Å². The van der Waals surface area contributed by atoms with E-state index in [1.54, 1.807) is 0 Å². The Hall–Kier alpha value is -3.77. The van der Waals surface area contributed by atoms with Gasteiger partial charge in [-0.25, -0.2) is 19.6 Å². The molecule has 2 saturated heterocycles. The molecule has 2 fully saturated rings. The molecule has 248 valence electrons. The molecule has 45 heavy (non-hydrogen) atoms. The van der Waals surface area contributed by atoms with Gasteiger partial charge in [0.1, 0.15) is 6.61 Å². The van der Waals surface area contributed by atoms with Gasteiger partial charge in [-0.3, -0.25) is 4.99 Å². The van der Waals surface area contributed by atoms with E-state index in [0.717, 1.165) is 68.0 Å². The summed E-state index contributed by atoms with van der Waals surface area (Å²) in [7, 11) is 0. The molecule has 0 bridgehead atoms. The molecule has 0 aromatic heterocycles. The van der Waals surface area contributed by atoms with Crippen LogP contribution < -0.4 is 22.5 Å². The number of fused-ring (bicyclic) bond motifs is 1. The highest BCUT2D eigenvalue weighted by molar-refractivity contribution is 5.97. The number of nitrogens with two attached hydrogens (primary N) is 3. The topological polar surface area (TPSA) is 186 Å². The molecule has 0 saturated carbocycles. The summed E-state index contributed by atoms with van der Waals surface area (Å²) in [5.41, 5.74) is 20.0. The van der Waals surface area contributed by atoms with E-state index in [-0.39, 0.29) is 31.1 Å². The van der Waals surface area contributed by atoms with Gasteiger partial charge in [0.15, 0.2) is 17.9 Å². The average Bonchev–Trinajstić information content (AvgIpc) is 3.66. The second kappa shape index (κ2) is 15.0. The molecule has 4 atom stereocenters. The maximum Gasteiger partial charge on any atom is 0.338 e. The maximum atomic E-state index is 13.4. The third kappa shape index (κ3) is 7.55. The summed E-state index contributed by atoms with van der Waals surface area (Å²) in [6, 6.07) is 0.386. The van der Waals surface area contributed by atoms with Crippen molar-refractivity contribution < 1.29 is 19.1 Å². The van der Waals surface area contributed by atoms with Crippen LogP contribution in [0.4, 0.5) is 0 Å². The third-order valence-electron chi connectivity index (χ3n) is 9.52. The number of ether oxygens (including phenoxy) is 2. The SMILES string of the molecule is CCCCCC[C@H]1C[C@H]2CC[C@H]3C(C(=O)OCCCC[C@H]4N=C(N)N5CCCC5=C4C(=O)OCCN=C(N)N)=C(C)NC(=N1)N23. The number of aliphatic imine (C=N–C) groups is 3. The highest BCUT2D eigenvalue weighted by atomic mass is 16.5. The van der Waals surface area contributed by atoms with E-state index in [1.165, 1.54) is 25.7 Å². The second-order valence-corrected chi connectivity index (χ2v) is 12.7. The first kappa shape index (κ1) is 32.6. The van der Waals surface area contributed by atoms with Gasteiger partial charge in [0, 0.05) is 24.0 Å². The van der Waals surface area contributed by atoms with Gasteiger partial charge in [0.25, 0.3) is 0 Å². The minimum atomic E-state index is -0.416. The van der Waals surface area contributed by atoms with E-state index in [0.29, 0.717) is 49.5 Å².